The highest BCUT2D eigenvalue weighted by Gasteiger charge is 2.35. The minimum atomic E-state index is -0.490. The summed E-state index contributed by atoms with van der Waals surface area (Å²) in [6, 6.07) is 10.3. The number of phenolic OH excluding ortho intramolecular Hbond substituents is 1. The first kappa shape index (κ1) is 18.1. The van der Waals surface area contributed by atoms with E-state index in [9.17, 15) is 15.2 Å². The minimum absolute atomic E-state index is 0.0330. The van der Waals surface area contributed by atoms with E-state index in [2.05, 4.69) is 17.6 Å². The second-order valence-electron chi connectivity index (χ2n) is 6.48. The number of aromatic nitrogens is 1. The molecule has 138 valence electrons. The summed E-state index contributed by atoms with van der Waals surface area (Å²) < 4.78 is 0. The Hall–Kier alpha value is -3.66. The lowest BCUT2D eigenvalue weighted by atomic mass is 10.0. The van der Waals surface area contributed by atoms with Gasteiger partial charge in [-0.15, -0.1) is 0 Å². The van der Waals surface area contributed by atoms with Crippen molar-refractivity contribution in [3.8, 4) is 11.8 Å². The van der Waals surface area contributed by atoms with Crippen LogP contribution in [0.15, 0.2) is 43.0 Å². The fourth-order valence-corrected chi connectivity index (χ4v) is 3.36. The highest BCUT2D eigenvalue weighted by Crippen LogP contribution is 2.34. The van der Waals surface area contributed by atoms with Gasteiger partial charge in [0.1, 0.15) is 17.6 Å². The Morgan fingerprint density at radius 3 is 2.85 bits per heavy atom. The molecule has 1 aromatic carbocycles. The molecule has 1 saturated heterocycles. The van der Waals surface area contributed by atoms with Gasteiger partial charge in [-0.3, -0.25) is 4.79 Å². The van der Waals surface area contributed by atoms with E-state index >= 15 is 0 Å². The average molecular weight is 363 g/mol. The maximum atomic E-state index is 11.9. The Bertz CT molecular complexity index is 954. The number of aromatic hydroxyl groups is 1. The number of phenols is 1. The van der Waals surface area contributed by atoms with Crippen molar-refractivity contribution in [2.75, 3.05) is 12.3 Å². The molecule has 2 heterocycles. The first-order valence-electron chi connectivity index (χ1n) is 8.51. The first-order chi connectivity index (χ1) is 12.9. The second kappa shape index (κ2) is 7.30. The molecule has 1 amide bonds. The standard InChI is InChI=1S/C20H21N5O2/c1-2-19(27)25-11-13(7-14(25)10-21)17-9-12(20(23)24-17)8-16(22)15-5-3-4-6-18(15)26/h2-6,8-9,13-14,24,26H,1,7,11,22-23H2/b16-8-. The van der Waals surface area contributed by atoms with E-state index < -0.39 is 6.04 Å². The van der Waals surface area contributed by atoms with Gasteiger partial charge >= 0.3 is 0 Å². The summed E-state index contributed by atoms with van der Waals surface area (Å²) >= 11 is 0. The number of anilines is 1. The van der Waals surface area contributed by atoms with Gasteiger partial charge in [-0.05, 0) is 36.8 Å². The van der Waals surface area contributed by atoms with Crippen molar-refractivity contribution in [1.29, 1.82) is 5.26 Å². The molecule has 1 aromatic heterocycles. The number of nitriles is 1. The molecule has 6 N–H and O–H groups in total. The topological polar surface area (TPSA) is 132 Å². The average Bonchev–Trinajstić information content (AvgIpc) is 3.25. The highest BCUT2D eigenvalue weighted by atomic mass is 16.3. The summed E-state index contributed by atoms with van der Waals surface area (Å²) in [6.45, 7) is 3.91. The number of para-hydroxylation sites is 1. The second-order valence-corrected chi connectivity index (χ2v) is 6.48. The largest absolute Gasteiger partial charge is 0.507 e. The maximum absolute atomic E-state index is 11.9. The quantitative estimate of drug-likeness (QED) is 0.618. The number of hydrogen-bond acceptors (Lipinski definition) is 5. The van der Waals surface area contributed by atoms with Crippen LogP contribution >= 0.6 is 0 Å². The van der Waals surface area contributed by atoms with E-state index in [4.69, 9.17) is 11.5 Å². The molecule has 0 saturated carbocycles. The minimum Gasteiger partial charge on any atom is -0.507 e. The number of nitrogens with two attached hydrogens (primary N) is 2. The third kappa shape index (κ3) is 3.51. The number of nitrogens with zero attached hydrogens (tertiary/aromatic N) is 2. The predicted octanol–water partition coefficient (Wildman–Crippen LogP) is 2.15. The molecule has 27 heavy (non-hydrogen) atoms. The van der Waals surface area contributed by atoms with Crippen LogP contribution in [0.1, 0.15) is 29.2 Å². The van der Waals surface area contributed by atoms with Crippen molar-refractivity contribution in [3.05, 3.63) is 59.8 Å². The molecule has 2 unspecified atom stereocenters. The number of carbonyl (C=O) groups is 1. The summed E-state index contributed by atoms with van der Waals surface area (Å²) in [5.41, 5.74) is 14.6. The van der Waals surface area contributed by atoms with Gasteiger partial charge in [-0.2, -0.15) is 5.26 Å². The fourth-order valence-electron chi connectivity index (χ4n) is 3.36. The molecule has 0 aliphatic carbocycles. The number of hydrogen-bond donors (Lipinski definition) is 4. The van der Waals surface area contributed by atoms with Crippen LogP contribution in [0.4, 0.5) is 5.82 Å². The number of H-pyrrole nitrogens is 1. The molecule has 7 heteroatoms. The lowest BCUT2D eigenvalue weighted by Crippen LogP contribution is -2.33. The maximum Gasteiger partial charge on any atom is 0.247 e. The molecule has 3 rings (SSSR count). The van der Waals surface area contributed by atoms with E-state index in [1.165, 1.54) is 11.0 Å². The van der Waals surface area contributed by atoms with Gasteiger partial charge in [0.25, 0.3) is 0 Å². The van der Waals surface area contributed by atoms with Crippen molar-refractivity contribution >= 4 is 23.5 Å². The van der Waals surface area contributed by atoms with Crippen LogP contribution in [0, 0.1) is 11.3 Å². The highest BCUT2D eigenvalue weighted by molar-refractivity contribution is 5.88. The van der Waals surface area contributed by atoms with Gasteiger partial charge in [0, 0.05) is 35.0 Å². The van der Waals surface area contributed by atoms with Crippen LogP contribution in [0.3, 0.4) is 0 Å². The van der Waals surface area contributed by atoms with Gasteiger partial charge in [0.05, 0.1) is 6.07 Å². The summed E-state index contributed by atoms with van der Waals surface area (Å²) in [6.07, 6.45) is 3.43. The third-order valence-electron chi connectivity index (χ3n) is 4.77. The van der Waals surface area contributed by atoms with Crippen LogP contribution in [0.5, 0.6) is 5.75 Å². The lowest BCUT2D eigenvalue weighted by Gasteiger charge is -2.17. The Morgan fingerprint density at radius 2 is 2.19 bits per heavy atom. The number of carbonyl (C=O) groups excluding carboxylic acids is 1. The summed E-state index contributed by atoms with van der Waals surface area (Å²) in [5.74, 6) is 0.235. The Morgan fingerprint density at radius 1 is 1.44 bits per heavy atom. The van der Waals surface area contributed by atoms with Crippen molar-refractivity contribution in [1.82, 2.24) is 9.88 Å². The molecule has 0 radical (unpaired) electrons. The SMILES string of the molecule is C=CC(=O)N1CC(c2cc(/C=C(\N)c3ccccc3O)c(N)[nH]2)CC1C#N. The monoisotopic (exact) mass is 363 g/mol. The molecule has 2 aromatic rings. The molecular formula is C20H21N5O2. The van der Waals surface area contributed by atoms with E-state index in [0.717, 1.165) is 5.69 Å². The summed E-state index contributed by atoms with van der Waals surface area (Å²) in [5, 5.41) is 19.2. The predicted molar refractivity (Wildman–Crippen MR) is 104 cm³/mol. The zero-order chi connectivity index (χ0) is 19.6. The molecule has 1 aliphatic heterocycles. The van der Waals surface area contributed by atoms with Crippen molar-refractivity contribution in [2.45, 2.75) is 18.4 Å². The number of aromatic amines is 1. The summed E-state index contributed by atoms with van der Waals surface area (Å²) in [7, 11) is 0. The molecule has 1 aliphatic rings. The number of nitrogens with one attached hydrogen (secondary N) is 1. The van der Waals surface area contributed by atoms with Gasteiger partial charge in [-0.1, -0.05) is 18.7 Å². The Balaban J connectivity index is 1.86. The van der Waals surface area contributed by atoms with Crippen LogP contribution in [0.25, 0.3) is 11.8 Å². The number of benzene rings is 1. The number of amides is 1. The number of likely N-dealkylation sites (tertiary alicyclic amines) is 1. The van der Waals surface area contributed by atoms with Gasteiger partial charge < -0.3 is 26.5 Å². The third-order valence-corrected chi connectivity index (χ3v) is 4.77. The molecule has 2 atom stereocenters. The van der Waals surface area contributed by atoms with E-state index in [-0.39, 0.29) is 17.6 Å². The van der Waals surface area contributed by atoms with Gasteiger partial charge in [0.15, 0.2) is 0 Å². The zero-order valence-electron chi connectivity index (χ0n) is 14.7. The number of rotatable bonds is 4. The van der Waals surface area contributed by atoms with E-state index in [0.29, 0.717) is 35.6 Å². The molecular weight excluding hydrogens is 342 g/mol. The zero-order valence-corrected chi connectivity index (χ0v) is 14.7. The summed E-state index contributed by atoms with van der Waals surface area (Å²) in [4.78, 5) is 16.6. The Labute approximate surface area is 157 Å². The molecule has 7 nitrogen and oxygen atoms in total. The number of nitrogen functional groups attached to an aromatic ring is 1. The van der Waals surface area contributed by atoms with Gasteiger partial charge in [-0.25, -0.2) is 0 Å². The normalized spacial score (nSPS) is 19.7. The first-order valence-corrected chi connectivity index (χ1v) is 8.51. The van der Waals surface area contributed by atoms with Crippen LogP contribution in [-0.2, 0) is 4.79 Å². The van der Waals surface area contributed by atoms with Crippen molar-refractivity contribution < 1.29 is 9.90 Å². The smallest absolute Gasteiger partial charge is 0.247 e. The van der Waals surface area contributed by atoms with Gasteiger partial charge in [0.2, 0.25) is 5.91 Å². The van der Waals surface area contributed by atoms with Crippen LogP contribution < -0.4 is 11.5 Å². The molecule has 1 fully saturated rings. The van der Waals surface area contributed by atoms with Crippen molar-refractivity contribution in [3.63, 3.8) is 0 Å². The lowest BCUT2D eigenvalue weighted by molar-refractivity contribution is -0.126. The fraction of sp³-hybridized carbons (Fsp3) is 0.200. The van der Waals surface area contributed by atoms with Crippen molar-refractivity contribution in [2.24, 2.45) is 5.73 Å². The Kier molecular flexibility index (Phi) is 4.90. The molecule has 0 spiro atoms. The van der Waals surface area contributed by atoms with Crippen LogP contribution in [-0.4, -0.2) is 33.5 Å². The van der Waals surface area contributed by atoms with E-state index in [1.54, 1.807) is 30.3 Å². The van der Waals surface area contributed by atoms with E-state index in [1.807, 2.05) is 6.07 Å². The van der Waals surface area contributed by atoms with Crippen LogP contribution in [0.2, 0.25) is 0 Å². The molecule has 0 bridgehead atoms.